The molecule has 1 N–H and O–H groups in total. The van der Waals surface area contributed by atoms with Crippen LogP contribution in [0.25, 0.3) is 0 Å². The van der Waals surface area contributed by atoms with Crippen LogP contribution in [0.15, 0.2) is 24.3 Å². The summed E-state index contributed by atoms with van der Waals surface area (Å²) < 4.78 is 5.15. The number of alkyl carbamates (subject to hydrolysis) is 1. The molecule has 120 valence electrons. The third-order valence-corrected chi connectivity index (χ3v) is 3.48. The first-order valence-electron chi connectivity index (χ1n) is 7.65. The van der Waals surface area contributed by atoms with Crippen molar-refractivity contribution in [3.05, 3.63) is 29.8 Å². The maximum Gasteiger partial charge on any atom is 0.407 e. The summed E-state index contributed by atoms with van der Waals surface area (Å²) in [4.78, 5) is 25.8. The first kappa shape index (κ1) is 16.3. The van der Waals surface area contributed by atoms with E-state index in [1.54, 1.807) is 20.8 Å². The molecule has 1 aliphatic heterocycles. The van der Waals surface area contributed by atoms with Crippen molar-refractivity contribution in [3.63, 3.8) is 0 Å². The van der Waals surface area contributed by atoms with Gasteiger partial charge >= 0.3 is 6.09 Å². The van der Waals surface area contributed by atoms with Crippen LogP contribution in [-0.4, -0.2) is 30.2 Å². The van der Waals surface area contributed by atoms with Crippen LogP contribution < -0.4 is 10.2 Å². The van der Waals surface area contributed by atoms with Crippen LogP contribution in [-0.2, 0) is 16.0 Å². The highest BCUT2D eigenvalue weighted by Crippen LogP contribution is 2.32. The van der Waals surface area contributed by atoms with Crippen LogP contribution in [0.5, 0.6) is 0 Å². The highest BCUT2D eigenvalue weighted by molar-refractivity contribution is 5.96. The molecule has 5 nitrogen and oxygen atoms in total. The predicted molar refractivity (Wildman–Crippen MR) is 85.9 cm³/mol. The highest BCUT2D eigenvalue weighted by atomic mass is 16.6. The predicted octanol–water partition coefficient (Wildman–Crippen LogP) is 2.88. The average molecular weight is 304 g/mol. The van der Waals surface area contributed by atoms with Crippen molar-refractivity contribution < 1.29 is 14.3 Å². The molecule has 0 saturated carbocycles. The van der Waals surface area contributed by atoms with Gasteiger partial charge in [-0.25, -0.2) is 4.79 Å². The van der Waals surface area contributed by atoms with E-state index in [1.165, 1.54) is 5.56 Å². The summed E-state index contributed by atoms with van der Waals surface area (Å²) in [6, 6.07) is 8.11. The zero-order chi connectivity index (χ0) is 16.3. The van der Waals surface area contributed by atoms with E-state index in [1.807, 2.05) is 30.0 Å². The first-order valence-corrected chi connectivity index (χ1v) is 7.65. The van der Waals surface area contributed by atoms with Crippen molar-refractivity contribution in [1.82, 2.24) is 5.32 Å². The molecule has 1 aromatic carbocycles. The van der Waals surface area contributed by atoms with E-state index in [0.717, 1.165) is 12.1 Å². The van der Waals surface area contributed by atoms with Gasteiger partial charge in [0.05, 0.1) is 0 Å². The lowest BCUT2D eigenvalue weighted by Crippen LogP contribution is -2.39. The van der Waals surface area contributed by atoms with Crippen LogP contribution in [0.2, 0.25) is 0 Å². The Morgan fingerprint density at radius 3 is 2.68 bits per heavy atom. The second kappa shape index (κ2) is 6.38. The minimum absolute atomic E-state index is 0.0218. The van der Waals surface area contributed by atoms with Gasteiger partial charge in [-0.15, -0.1) is 0 Å². The fourth-order valence-electron chi connectivity index (χ4n) is 2.65. The summed E-state index contributed by atoms with van der Waals surface area (Å²) in [7, 11) is 0. The minimum Gasteiger partial charge on any atom is -0.444 e. The van der Waals surface area contributed by atoms with E-state index >= 15 is 0 Å². The van der Waals surface area contributed by atoms with Crippen LogP contribution >= 0.6 is 0 Å². The van der Waals surface area contributed by atoms with Gasteiger partial charge in [-0.05, 0) is 45.7 Å². The number of nitrogens with one attached hydrogen (secondary N) is 1. The summed E-state index contributed by atoms with van der Waals surface area (Å²) in [6.07, 6.45) is 0.648. The highest BCUT2D eigenvalue weighted by Gasteiger charge is 2.30. The molecule has 0 unspecified atom stereocenters. The van der Waals surface area contributed by atoms with E-state index < -0.39 is 11.7 Å². The van der Waals surface area contributed by atoms with E-state index in [2.05, 4.69) is 11.4 Å². The Morgan fingerprint density at radius 2 is 2.00 bits per heavy atom. The second-order valence-corrected chi connectivity index (χ2v) is 6.62. The standard InChI is InChI=1S/C17H24N2O3/c1-12-11-13-7-5-6-8-14(13)19(12)15(20)9-10-18-16(21)22-17(2,3)4/h5-8,12H,9-11H2,1-4H3,(H,18,21)/t12-/m1/s1. The Morgan fingerprint density at radius 1 is 1.32 bits per heavy atom. The fourth-order valence-corrected chi connectivity index (χ4v) is 2.65. The lowest BCUT2D eigenvalue weighted by atomic mass is 10.1. The van der Waals surface area contributed by atoms with Crippen molar-refractivity contribution in [2.45, 2.75) is 52.2 Å². The van der Waals surface area contributed by atoms with Gasteiger partial charge in [-0.3, -0.25) is 4.79 Å². The normalized spacial score (nSPS) is 17.1. The van der Waals surface area contributed by atoms with E-state index in [4.69, 9.17) is 4.74 Å². The number of ether oxygens (including phenoxy) is 1. The monoisotopic (exact) mass is 304 g/mol. The second-order valence-electron chi connectivity index (χ2n) is 6.62. The van der Waals surface area contributed by atoms with Crippen LogP contribution in [0.1, 0.15) is 39.7 Å². The molecular weight excluding hydrogens is 280 g/mol. The van der Waals surface area contributed by atoms with Crippen molar-refractivity contribution in [2.75, 3.05) is 11.4 Å². The topological polar surface area (TPSA) is 58.6 Å². The SMILES string of the molecule is C[C@@H]1Cc2ccccc2N1C(=O)CCNC(=O)OC(C)(C)C. The summed E-state index contributed by atoms with van der Waals surface area (Å²) in [5.41, 5.74) is 1.65. The average Bonchev–Trinajstić information content (AvgIpc) is 2.72. The zero-order valence-corrected chi connectivity index (χ0v) is 13.7. The quantitative estimate of drug-likeness (QED) is 0.934. The number of rotatable bonds is 3. The van der Waals surface area contributed by atoms with Crippen molar-refractivity contribution in [1.29, 1.82) is 0 Å². The first-order chi connectivity index (χ1) is 10.3. The molecule has 1 aromatic rings. The number of hydrogen-bond acceptors (Lipinski definition) is 3. The maximum atomic E-state index is 12.4. The Kier molecular flexibility index (Phi) is 4.74. The number of nitrogens with zero attached hydrogens (tertiary/aromatic N) is 1. The van der Waals surface area contributed by atoms with Gasteiger partial charge in [-0.1, -0.05) is 18.2 Å². The van der Waals surface area contributed by atoms with Gasteiger partial charge in [-0.2, -0.15) is 0 Å². The smallest absolute Gasteiger partial charge is 0.407 e. The maximum absolute atomic E-state index is 12.4. The largest absolute Gasteiger partial charge is 0.444 e. The molecule has 0 radical (unpaired) electrons. The molecule has 5 heteroatoms. The van der Waals surface area contributed by atoms with Crippen LogP contribution in [0.3, 0.4) is 0 Å². The third kappa shape index (κ3) is 4.00. The molecule has 0 bridgehead atoms. The molecule has 22 heavy (non-hydrogen) atoms. The minimum atomic E-state index is -0.531. The summed E-state index contributed by atoms with van der Waals surface area (Å²) >= 11 is 0. The van der Waals surface area contributed by atoms with Gasteiger partial charge in [0.1, 0.15) is 5.60 Å². The zero-order valence-electron chi connectivity index (χ0n) is 13.7. The molecular formula is C17H24N2O3. The lowest BCUT2D eigenvalue weighted by Gasteiger charge is -2.23. The van der Waals surface area contributed by atoms with Crippen molar-refractivity contribution in [2.24, 2.45) is 0 Å². The molecule has 2 amide bonds. The summed E-state index contributed by atoms with van der Waals surface area (Å²) in [5.74, 6) is 0.0218. The number of carbonyl (C=O) groups is 2. The molecule has 0 aliphatic carbocycles. The van der Waals surface area contributed by atoms with Crippen molar-refractivity contribution >= 4 is 17.7 Å². The van der Waals surface area contributed by atoms with E-state index in [-0.39, 0.29) is 24.9 Å². The van der Waals surface area contributed by atoms with Gasteiger partial charge in [0, 0.05) is 24.7 Å². The number of hydrogen-bond donors (Lipinski definition) is 1. The van der Waals surface area contributed by atoms with E-state index in [9.17, 15) is 9.59 Å². The molecule has 1 aliphatic rings. The van der Waals surface area contributed by atoms with Gasteiger partial charge in [0.15, 0.2) is 0 Å². The van der Waals surface area contributed by atoms with Crippen molar-refractivity contribution in [3.8, 4) is 0 Å². The van der Waals surface area contributed by atoms with Gasteiger partial charge < -0.3 is 15.0 Å². The fraction of sp³-hybridized carbons (Fsp3) is 0.529. The number of carbonyl (C=O) groups excluding carboxylic acids is 2. The Labute approximate surface area is 131 Å². The van der Waals surface area contributed by atoms with Crippen LogP contribution in [0, 0.1) is 0 Å². The molecule has 0 saturated heterocycles. The Hall–Kier alpha value is -2.04. The summed E-state index contributed by atoms with van der Waals surface area (Å²) in [5, 5.41) is 2.62. The Balaban J connectivity index is 1.87. The lowest BCUT2D eigenvalue weighted by molar-refractivity contribution is -0.118. The molecule has 0 aromatic heterocycles. The number of anilines is 1. The van der Waals surface area contributed by atoms with E-state index in [0.29, 0.717) is 0 Å². The number of fused-ring (bicyclic) bond motifs is 1. The van der Waals surface area contributed by atoms with Gasteiger partial charge in [0.2, 0.25) is 5.91 Å². The van der Waals surface area contributed by atoms with Gasteiger partial charge in [0.25, 0.3) is 0 Å². The number of para-hydroxylation sites is 1. The molecule has 0 fully saturated rings. The molecule has 1 heterocycles. The molecule has 1 atom stereocenters. The Bertz CT molecular complexity index is 563. The third-order valence-electron chi connectivity index (χ3n) is 3.48. The summed E-state index contributed by atoms with van der Waals surface area (Å²) in [6.45, 7) is 7.74. The molecule has 2 rings (SSSR count). The number of amides is 2. The van der Waals surface area contributed by atoms with Crippen LogP contribution in [0.4, 0.5) is 10.5 Å². The molecule has 0 spiro atoms. The number of benzene rings is 1.